The molecule has 0 N–H and O–H groups in total. The summed E-state index contributed by atoms with van der Waals surface area (Å²) in [4.78, 5) is 15.9. The van der Waals surface area contributed by atoms with Crippen molar-refractivity contribution < 1.29 is 9.53 Å². The predicted molar refractivity (Wildman–Crippen MR) is 95.9 cm³/mol. The Morgan fingerprint density at radius 1 is 1.33 bits per heavy atom. The van der Waals surface area contributed by atoms with Gasteiger partial charge in [-0.05, 0) is 30.7 Å². The molecule has 1 aliphatic heterocycles. The number of ether oxygens (including phenoxy) is 1. The van der Waals surface area contributed by atoms with E-state index in [-0.39, 0.29) is 17.9 Å². The number of fused-ring (bicyclic) bond motifs is 1. The van der Waals surface area contributed by atoms with E-state index in [1.54, 1.807) is 19.0 Å². The Hall–Kier alpha value is -1.39. The second-order valence-corrected chi connectivity index (χ2v) is 7.70. The Balaban J connectivity index is 1.50. The van der Waals surface area contributed by atoms with Gasteiger partial charge < -0.3 is 14.5 Å². The van der Waals surface area contributed by atoms with E-state index in [9.17, 15) is 4.79 Å². The number of likely N-dealkylation sites (N-methyl/N-ethyl adjacent to an activating group) is 1. The lowest BCUT2D eigenvalue weighted by Crippen LogP contribution is -2.35. The highest BCUT2D eigenvalue weighted by Gasteiger charge is 2.49. The first-order chi connectivity index (χ1) is 11.6. The zero-order valence-corrected chi connectivity index (χ0v) is 15.0. The molecular formula is C20H30N2O2. The van der Waals surface area contributed by atoms with Crippen LogP contribution in [0.5, 0.6) is 0 Å². The molecule has 1 aliphatic carbocycles. The summed E-state index contributed by atoms with van der Waals surface area (Å²) in [6, 6.07) is 10.7. The molecule has 1 amide bonds. The molecule has 1 saturated heterocycles. The molecule has 1 aromatic rings. The molecular weight excluding hydrogens is 300 g/mol. The largest absolute Gasteiger partial charge is 0.371 e. The topological polar surface area (TPSA) is 32.8 Å². The van der Waals surface area contributed by atoms with Gasteiger partial charge in [0, 0.05) is 39.1 Å². The summed E-state index contributed by atoms with van der Waals surface area (Å²) in [7, 11) is 3.56. The molecule has 1 heterocycles. The fourth-order valence-electron chi connectivity index (χ4n) is 4.33. The van der Waals surface area contributed by atoms with Gasteiger partial charge in [-0.1, -0.05) is 36.8 Å². The van der Waals surface area contributed by atoms with Crippen LogP contribution < -0.4 is 0 Å². The molecule has 0 radical (unpaired) electrons. The molecule has 0 spiro atoms. The highest BCUT2D eigenvalue weighted by Crippen LogP contribution is 2.48. The van der Waals surface area contributed by atoms with Crippen LogP contribution in [-0.2, 0) is 16.0 Å². The van der Waals surface area contributed by atoms with Gasteiger partial charge in [0.15, 0.2) is 0 Å². The minimum atomic E-state index is 0.0554. The highest BCUT2D eigenvalue weighted by molar-refractivity contribution is 5.76. The van der Waals surface area contributed by atoms with E-state index in [0.29, 0.717) is 0 Å². The Morgan fingerprint density at radius 2 is 2.12 bits per heavy atom. The molecule has 0 bridgehead atoms. The van der Waals surface area contributed by atoms with Gasteiger partial charge >= 0.3 is 0 Å². The van der Waals surface area contributed by atoms with E-state index >= 15 is 0 Å². The number of nitrogens with zero attached hydrogens (tertiary/aromatic N) is 2. The summed E-state index contributed by atoms with van der Waals surface area (Å²) in [5.41, 5.74) is 1.69. The zero-order valence-electron chi connectivity index (χ0n) is 15.0. The Kier molecular flexibility index (Phi) is 5.57. The number of carbonyl (C=O) groups excluding carboxylic acids is 1. The average molecular weight is 330 g/mol. The third-order valence-electron chi connectivity index (χ3n) is 5.78. The van der Waals surface area contributed by atoms with Gasteiger partial charge in [-0.15, -0.1) is 0 Å². The summed E-state index contributed by atoms with van der Waals surface area (Å²) in [6.45, 7) is 4.39. The van der Waals surface area contributed by atoms with Crippen molar-refractivity contribution in [2.75, 3.05) is 46.9 Å². The van der Waals surface area contributed by atoms with Crippen molar-refractivity contribution in [3.63, 3.8) is 0 Å². The van der Waals surface area contributed by atoms with E-state index in [1.807, 2.05) is 0 Å². The molecule has 24 heavy (non-hydrogen) atoms. The van der Waals surface area contributed by atoms with Crippen LogP contribution in [-0.4, -0.2) is 62.7 Å². The van der Waals surface area contributed by atoms with Gasteiger partial charge in [0.25, 0.3) is 0 Å². The van der Waals surface area contributed by atoms with Crippen LogP contribution in [0.2, 0.25) is 0 Å². The first-order valence-electron chi connectivity index (χ1n) is 9.13. The van der Waals surface area contributed by atoms with Crippen molar-refractivity contribution >= 4 is 5.91 Å². The lowest BCUT2D eigenvalue weighted by atomic mass is 9.81. The maximum Gasteiger partial charge on any atom is 0.248 e. The van der Waals surface area contributed by atoms with Crippen molar-refractivity contribution in [2.45, 2.75) is 25.7 Å². The summed E-state index contributed by atoms with van der Waals surface area (Å²) in [5, 5.41) is 0. The maximum absolute atomic E-state index is 11.7. The molecule has 4 nitrogen and oxygen atoms in total. The summed E-state index contributed by atoms with van der Waals surface area (Å²) in [5.74, 6) is 0.794. The van der Waals surface area contributed by atoms with E-state index < -0.39 is 0 Å². The minimum Gasteiger partial charge on any atom is -0.371 e. The van der Waals surface area contributed by atoms with Crippen LogP contribution in [0.4, 0.5) is 0 Å². The SMILES string of the molecule is CN(C)C(=O)COC[C@@]12CCC[C@@H]1CN(CCc1ccccc1)C2. The molecule has 3 rings (SSSR count). The van der Waals surface area contributed by atoms with Crippen LogP contribution in [0, 0.1) is 11.3 Å². The average Bonchev–Trinajstić information content (AvgIpc) is 3.10. The van der Waals surface area contributed by atoms with Gasteiger partial charge in [-0.25, -0.2) is 0 Å². The van der Waals surface area contributed by atoms with Gasteiger partial charge in [0.1, 0.15) is 6.61 Å². The van der Waals surface area contributed by atoms with Crippen molar-refractivity contribution in [1.29, 1.82) is 0 Å². The molecule has 2 atom stereocenters. The van der Waals surface area contributed by atoms with Crippen molar-refractivity contribution in [2.24, 2.45) is 11.3 Å². The van der Waals surface area contributed by atoms with Gasteiger partial charge in [0.05, 0.1) is 6.61 Å². The Labute approximate surface area is 145 Å². The smallest absolute Gasteiger partial charge is 0.248 e. The molecule has 2 fully saturated rings. The lowest BCUT2D eigenvalue weighted by molar-refractivity contribution is -0.135. The second-order valence-electron chi connectivity index (χ2n) is 7.70. The van der Waals surface area contributed by atoms with Crippen molar-refractivity contribution in [3.8, 4) is 0 Å². The fourth-order valence-corrected chi connectivity index (χ4v) is 4.33. The first-order valence-corrected chi connectivity index (χ1v) is 9.13. The van der Waals surface area contributed by atoms with Crippen molar-refractivity contribution in [3.05, 3.63) is 35.9 Å². The normalized spacial score (nSPS) is 26.5. The van der Waals surface area contributed by atoms with E-state index in [4.69, 9.17) is 4.74 Å². The van der Waals surface area contributed by atoms with Crippen LogP contribution in [0.25, 0.3) is 0 Å². The number of hydrogen-bond donors (Lipinski definition) is 0. The Morgan fingerprint density at radius 3 is 2.88 bits per heavy atom. The summed E-state index contributed by atoms with van der Waals surface area (Å²) in [6.07, 6.45) is 4.98. The van der Waals surface area contributed by atoms with E-state index in [2.05, 4.69) is 35.2 Å². The van der Waals surface area contributed by atoms with Crippen molar-refractivity contribution in [1.82, 2.24) is 9.80 Å². The second kappa shape index (κ2) is 7.66. The molecule has 2 aliphatic rings. The maximum atomic E-state index is 11.7. The number of rotatable bonds is 7. The number of amides is 1. The molecule has 132 valence electrons. The van der Waals surface area contributed by atoms with E-state index in [1.165, 1.54) is 31.4 Å². The van der Waals surface area contributed by atoms with Gasteiger partial charge in [-0.3, -0.25) is 4.79 Å². The lowest BCUT2D eigenvalue weighted by Gasteiger charge is -2.29. The third kappa shape index (κ3) is 3.98. The molecule has 0 aromatic heterocycles. The molecule has 1 saturated carbocycles. The number of carbonyl (C=O) groups is 1. The number of hydrogen-bond acceptors (Lipinski definition) is 3. The standard InChI is InChI=1S/C20H30N2O2/c1-21(2)19(23)14-24-16-20-11-6-9-18(20)13-22(15-20)12-10-17-7-4-3-5-8-17/h3-5,7-8,18H,6,9-16H2,1-2H3/t18-,20+/m1/s1. The minimum absolute atomic E-state index is 0.0554. The fraction of sp³-hybridized carbons (Fsp3) is 0.650. The predicted octanol–water partition coefficient (Wildman–Crippen LogP) is 2.44. The molecule has 4 heteroatoms. The van der Waals surface area contributed by atoms with Gasteiger partial charge in [0.2, 0.25) is 5.91 Å². The quantitative estimate of drug-likeness (QED) is 0.770. The Bertz CT molecular complexity index is 546. The molecule has 1 aromatic carbocycles. The number of likely N-dealkylation sites (tertiary alicyclic amines) is 1. The van der Waals surface area contributed by atoms with Crippen LogP contribution >= 0.6 is 0 Å². The van der Waals surface area contributed by atoms with E-state index in [0.717, 1.165) is 32.0 Å². The number of benzene rings is 1. The van der Waals surface area contributed by atoms with Crippen LogP contribution in [0.1, 0.15) is 24.8 Å². The monoisotopic (exact) mass is 330 g/mol. The summed E-state index contributed by atoms with van der Waals surface area (Å²) >= 11 is 0. The zero-order chi connectivity index (χ0) is 17.0. The van der Waals surface area contributed by atoms with Gasteiger partial charge in [-0.2, -0.15) is 0 Å². The first kappa shape index (κ1) is 17.4. The highest BCUT2D eigenvalue weighted by atomic mass is 16.5. The van der Waals surface area contributed by atoms with Crippen LogP contribution in [0.3, 0.4) is 0 Å². The third-order valence-corrected chi connectivity index (χ3v) is 5.78. The van der Waals surface area contributed by atoms with Crippen LogP contribution in [0.15, 0.2) is 30.3 Å². The summed E-state index contributed by atoms with van der Waals surface area (Å²) < 4.78 is 5.84. The molecule has 0 unspecified atom stereocenters.